The molecule has 3 nitrogen and oxygen atoms in total. The summed E-state index contributed by atoms with van der Waals surface area (Å²) < 4.78 is 1.14. The minimum Gasteiger partial charge on any atom is -0.393 e. The van der Waals surface area contributed by atoms with E-state index in [4.69, 9.17) is 0 Å². The van der Waals surface area contributed by atoms with Crippen LogP contribution in [-0.2, 0) is 6.54 Å². The van der Waals surface area contributed by atoms with Gasteiger partial charge in [0.25, 0.3) is 0 Å². The first-order valence-electron chi connectivity index (χ1n) is 7.64. The highest BCUT2D eigenvalue weighted by Gasteiger charge is 2.40. The summed E-state index contributed by atoms with van der Waals surface area (Å²) in [4.78, 5) is 2.57. The second-order valence-corrected chi connectivity index (χ2v) is 6.89. The molecule has 20 heavy (non-hydrogen) atoms. The van der Waals surface area contributed by atoms with Crippen LogP contribution in [0.3, 0.4) is 0 Å². The van der Waals surface area contributed by atoms with Crippen molar-refractivity contribution in [1.82, 2.24) is 5.32 Å². The number of aliphatic hydroxyl groups is 1. The summed E-state index contributed by atoms with van der Waals surface area (Å²) in [6.45, 7) is 4.04. The lowest BCUT2D eigenvalue weighted by molar-refractivity contribution is 0.126. The fraction of sp³-hybridized carbons (Fsp3) is 0.625. The first kappa shape index (κ1) is 14.4. The van der Waals surface area contributed by atoms with E-state index in [1.54, 1.807) is 0 Å². The Hall–Kier alpha value is -0.580. The van der Waals surface area contributed by atoms with Gasteiger partial charge in [-0.05, 0) is 49.9 Å². The van der Waals surface area contributed by atoms with Gasteiger partial charge in [-0.2, -0.15) is 0 Å². The van der Waals surface area contributed by atoms with Gasteiger partial charge in [0.15, 0.2) is 0 Å². The summed E-state index contributed by atoms with van der Waals surface area (Å²) in [5.74, 6) is 0. The minimum absolute atomic E-state index is 0.104. The number of piperidine rings is 1. The number of rotatable bonds is 4. The maximum atomic E-state index is 9.97. The molecule has 1 aromatic carbocycles. The fourth-order valence-electron chi connectivity index (χ4n) is 3.73. The molecular formula is C16H23BrN2O. The Bertz CT molecular complexity index is 466. The summed E-state index contributed by atoms with van der Waals surface area (Å²) in [5, 5.41) is 13.4. The lowest BCUT2D eigenvalue weighted by Gasteiger charge is -2.40. The highest BCUT2D eigenvalue weighted by Crippen LogP contribution is 2.41. The van der Waals surface area contributed by atoms with Crippen molar-refractivity contribution < 1.29 is 5.11 Å². The van der Waals surface area contributed by atoms with Crippen molar-refractivity contribution >= 4 is 21.6 Å². The van der Waals surface area contributed by atoms with Crippen LogP contribution >= 0.6 is 15.9 Å². The Kier molecular flexibility index (Phi) is 4.34. The third-order valence-corrected chi connectivity index (χ3v) is 5.09. The highest BCUT2D eigenvalue weighted by molar-refractivity contribution is 9.10. The Balaban J connectivity index is 1.91. The number of halogens is 1. The van der Waals surface area contributed by atoms with Gasteiger partial charge in [0.2, 0.25) is 0 Å². The number of anilines is 1. The standard InChI is InChI=1S/C16H23BrN2O/c1-2-18-10-11-3-4-12(17)7-16(11)19-13-5-6-14(19)9-15(20)8-13/h3-4,7,13-15,18,20H,2,5-6,8-10H2,1H3. The van der Waals surface area contributed by atoms with E-state index in [2.05, 4.69) is 51.3 Å². The number of nitrogens with one attached hydrogen (secondary N) is 1. The predicted octanol–water partition coefficient (Wildman–Crippen LogP) is 3.05. The number of aliphatic hydroxyl groups excluding tert-OH is 1. The summed E-state index contributed by atoms with van der Waals surface area (Å²) >= 11 is 3.61. The molecule has 0 aliphatic carbocycles. The molecule has 110 valence electrons. The first-order chi connectivity index (χ1) is 9.69. The highest BCUT2D eigenvalue weighted by atomic mass is 79.9. The molecule has 0 radical (unpaired) electrons. The molecule has 1 aromatic rings. The third kappa shape index (κ3) is 2.74. The average Bonchev–Trinajstić information content (AvgIpc) is 2.69. The van der Waals surface area contributed by atoms with Crippen LogP contribution < -0.4 is 10.2 Å². The predicted molar refractivity (Wildman–Crippen MR) is 86.1 cm³/mol. The van der Waals surface area contributed by atoms with E-state index in [0.717, 1.165) is 30.4 Å². The van der Waals surface area contributed by atoms with Crippen molar-refractivity contribution in [3.8, 4) is 0 Å². The number of hydrogen-bond acceptors (Lipinski definition) is 3. The lowest BCUT2D eigenvalue weighted by atomic mass is 9.98. The third-order valence-electron chi connectivity index (χ3n) is 4.60. The van der Waals surface area contributed by atoms with E-state index < -0.39 is 0 Å². The van der Waals surface area contributed by atoms with Crippen LogP contribution in [0.2, 0.25) is 0 Å². The molecule has 2 aliphatic rings. The van der Waals surface area contributed by atoms with Crippen LogP contribution in [0.25, 0.3) is 0 Å². The normalized spacial score (nSPS) is 28.9. The lowest BCUT2D eigenvalue weighted by Crippen LogP contribution is -2.45. The second kappa shape index (κ2) is 6.04. The molecule has 2 heterocycles. The van der Waals surface area contributed by atoms with E-state index in [1.165, 1.54) is 24.1 Å². The smallest absolute Gasteiger partial charge is 0.0579 e. The SMILES string of the molecule is CCNCc1ccc(Br)cc1N1C2CCC1CC(O)C2. The molecular weight excluding hydrogens is 316 g/mol. The molecule has 2 N–H and O–H groups in total. The van der Waals surface area contributed by atoms with Crippen molar-refractivity contribution in [3.63, 3.8) is 0 Å². The summed E-state index contributed by atoms with van der Waals surface area (Å²) in [7, 11) is 0. The molecule has 0 aromatic heterocycles. The molecule has 0 spiro atoms. The van der Waals surface area contributed by atoms with Gasteiger partial charge in [0, 0.05) is 28.8 Å². The molecule has 2 unspecified atom stereocenters. The Morgan fingerprint density at radius 3 is 2.65 bits per heavy atom. The first-order valence-corrected chi connectivity index (χ1v) is 8.44. The van der Waals surface area contributed by atoms with Gasteiger partial charge in [-0.1, -0.05) is 28.9 Å². The second-order valence-electron chi connectivity index (χ2n) is 5.97. The number of benzene rings is 1. The zero-order valence-corrected chi connectivity index (χ0v) is 13.6. The van der Waals surface area contributed by atoms with Crippen molar-refractivity contribution in [1.29, 1.82) is 0 Å². The fourth-order valence-corrected chi connectivity index (χ4v) is 4.08. The zero-order chi connectivity index (χ0) is 14.1. The van der Waals surface area contributed by atoms with Crippen molar-refractivity contribution in [2.45, 2.75) is 57.3 Å². The average molecular weight is 339 g/mol. The molecule has 2 aliphatic heterocycles. The molecule has 0 saturated carbocycles. The number of hydrogen-bond donors (Lipinski definition) is 2. The van der Waals surface area contributed by atoms with Gasteiger partial charge < -0.3 is 15.3 Å². The Morgan fingerprint density at radius 2 is 2.00 bits per heavy atom. The van der Waals surface area contributed by atoms with E-state index in [9.17, 15) is 5.11 Å². The van der Waals surface area contributed by atoms with Crippen LogP contribution in [0.15, 0.2) is 22.7 Å². The Morgan fingerprint density at radius 1 is 1.30 bits per heavy atom. The zero-order valence-electron chi connectivity index (χ0n) is 12.0. The summed E-state index contributed by atoms with van der Waals surface area (Å²) in [6, 6.07) is 7.61. The van der Waals surface area contributed by atoms with Crippen LogP contribution in [0, 0.1) is 0 Å². The minimum atomic E-state index is -0.104. The largest absolute Gasteiger partial charge is 0.393 e. The van der Waals surface area contributed by atoms with E-state index in [-0.39, 0.29) is 6.10 Å². The molecule has 2 atom stereocenters. The van der Waals surface area contributed by atoms with Crippen LogP contribution in [0.4, 0.5) is 5.69 Å². The van der Waals surface area contributed by atoms with E-state index in [1.807, 2.05) is 0 Å². The van der Waals surface area contributed by atoms with Crippen LogP contribution in [0.5, 0.6) is 0 Å². The van der Waals surface area contributed by atoms with Gasteiger partial charge in [-0.15, -0.1) is 0 Å². The molecule has 2 saturated heterocycles. The molecule has 4 heteroatoms. The quantitative estimate of drug-likeness (QED) is 0.885. The van der Waals surface area contributed by atoms with Crippen LogP contribution in [0.1, 0.15) is 38.2 Å². The maximum absolute atomic E-state index is 9.97. The molecule has 3 rings (SSSR count). The van der Waals surface area contributed by atoms with Gasteiger partial charge in [0.1, 0.15) is 0 Å². The van der Waals surface area contributed by atoms with Gasteiger partial charge in [-0.25, -0.2) is 0 Å². The topological polar surface area (TPSA) is 35.5 Å². The van der Waals surface area contributed by atoms with Crippen LogP contribution in [-0.4, -0.2) is 29.8 Å². The monoisotopic (exact) mass is 338 g/mol. The number of fused-ring (bicyclic) bond motifs is 2. The maximum Gasteiger partial charge on any atom is 0.0579 e. The van der Waals surface area contributed by atoms with Crippen molar-refractivity contribution in [2.75, 3.05) is 11.4 Å². The van der Waals surface area contributed by atoms with Crippen molar-refractivity contribution in [2.24, 2.45) is 0 Å². The van der Waals surface area contributed by atoms with Gasteiger partial charge in [-0.3, -0.25) is 0 Å². The van der Waals surface area contributed by atoms with Crippen molar-refractivity contribution in [3.05, 3.63) is 28.2 Å². The van der Waals surface area contributed by atoms with E-state index in [0.29, 0.717) is 12.1 Å². The Labute approximate surface area is 129 Å². The number of nitrogens with zero attached hydrogens (tertiary/aromatic N) is 1. The van der Waals surface area contributed by atoms with Gasteiger partial charge >= 0.3 is 0 Å². The van der Waals surface area contributed by atoms with E-state index >= 15 is 0 Å². The summed E-state index contributed by atoms with van der Waals surface area (Å²) in [5.41, 5.74) is 2.71. The molecule has 2 bridgehead atoms. The molecule has 2 fully saturated rings. The summed E-state index contributed by atoms with van der Waals surface area (Å²) in [6.07, 6.45) is 4.17. The molecule has 0 amide bonds. The van der Waals surface area contributed by atoms with Gasteiger partial charge in [0.05, 0.1) is 6.10 Å².